The second kappa shape index (κ2) is 8.21. The maximum absolute atomic E-state index is 6.64. The highest BCUT2D eigenvalue weighted by Crippen LogP contribution is 2.39. The van der Waals surface area contributed by atoms with Crippen molar-refractivity contribution in [2.45, 2.75) is 0 Å². The van der Waals surface area contributed by atoms with E-state index in [0.717, 1.165) is 44.3 Å². The highest BCUT2D eigenvalue weighted by Gasteiger charge is 2.16. The number of benzene rings is 4. The van der Waals surface area contributed by atoms with Gasteiger partial charge in [0.25, 0.3) is 0 Å². The van der Waals surface area contributed by atoms with E-state index in [9.17, 15) is 0 Å². The van der Waals surface area contributed by atoms with Crippen molar-refractivity contribution in [3.63, 3.8) is 0 Å². The lowest BCUT2D eigenvalue weighted by atomic mass is 10.1. The van der Waals surface area contributed by atoms with E-state index in [4.69, 9.17) is 14.7 Å². The third-order valence-electron chi connectivity index (χ3n) is 5.69. The summed E-state index contributed by atoms with van der Waals surface area (Å²) in [6.45, 7) is 0. The zero-order valence-electron chi connectivity index (χ0n) is 17.8. The van der Waals surface area contributed by atoms with Crippen LogP contribution in [0.4, 0.5) is 0 Å². The smallest absolute Gasteiger partial charge is 0.154 e. The molecule has 0 saturated carbocycles. The third-order valence-corrected chi connectivity index (χ3v) is 5.69. The highest BCUT2D eigenvalue weighted by molar-refractivity contribution is 5.87. The van der Waals surface area contributed by atoms with Crippen molar-refractivity contribution >= 4 is 21.8 Å². The first-order valence-corrected chi connectivity index (χ1v) is 10.9. The molecule has 3 nitrogen and oxygen atoms in total. The first-order chi connectivity index (χ1) is 16.3. The van der Waals surface area contributed by atoms with Crippen LogP contribution in [0.15, 0.2) is 121 Å². The molecule has 0 aliphatic rings. The average Bonchev–Trinajstić information content (AvgIpc) is 2.89. The summed E-state index contributed by atoms with van der Waals surface area (Å²) < 4.78 is 6.64. The van der Waals surface area contributed by atoms with Crippen molar-refractivity contribution in [3.8, 4) is 34.0 Å². The lowest BCUT2D eigenvalue weighted by molar-refractivity contribution is 0.484. The maximum atomic E-state index is 6.64. The molecule has 0 spiro atoms. The Kier molecular flexibility index (Phi) is 4.78. The van der Waals surface area contributed by atoms with Gasteiger partial charge >= 0.3 is 0 Å². The predicted octanol–water partition coefficient (Wildman–Crippen LogP) is 7.91. The molecule has 0 atom stereocenters. The van der Waals surface area contributed by atoms with Gasteiger partial charge < -0.3 is 4.74 Å². The number of pyridine rings is 2. The van der Waals surface area contributed by atoms with Crippen molar-refractivity contribution in [1.82, 2.24) is 9.97 Å². The van der Waals surface area contributed by atoms with Crippen molar-refractivity contribution < 1.29 is 4.74 Å². The minimum atomic E-state index is 0.703. The largest absolute Gasteiger partial charge is 0.453 e. The quantitative estimate of drug-likeness (QED) is 0.288. The summed E-state index contributed by atoms with van der Waals surface area (Å²) in [6, 6.07) is 40.6. The summed E-state index contributed by atoms with van der Waals surface area (Å²) in [6.07, 6.45) is 0. The maximum Gasteiger partial charge on any atom is 0.154 e. The summed E-state index contributed by atoms with van der Waals surface area (Å²) in [5, 5.41) is 2.06. The van der Waals surface area contributed by atoms with E-state index in [1.165, 1.54) is 0 Å². The monoisotopic (exact) mass is 424 g/mol. The van der Waals surface area contributed by atoms with E-state index >= 15 is 0 Å². The molecule has 6 aromatic rings. The summed E-state index contributed by atoms with van der Waals surface area (Å²) in [7, 11) is 0. The molecule has 4 aromatic carbocycles. The number of fused-ring (bicyclic) bond motifs is 2. The Labute approximate surface area is 192 Å². The van der Waals surface area contributed by atoms with E-state index in [2.05, 4.69) is 48.5 Å². The van der Waals surface area contributed by atoms with Crippen LogP contribution in [0.1, 0.15) is 0 Å². The summed E-state index contributed by atoms with van der Waals surface area (Å²) in [5.41, 5.74) is 5.50. The first kappa shape index (κ1) is 19.2. The number of hydrogen-bond acceptors (Lipinski definition) is 3. The molecule has 0 fully saturated rings. The van der Waals surface area contributed by atoms with Crippen LogP contribution in [0.2, 0.25) is 0 Å². The standard InChI is InChI=1S/C30H20N2O/c1-3-11-21(12-4-1)29-27(19-23-15-7-9-17-25(23)31-29)33-28-20-24-16-8-10-18-26(24)32-30(28)22-13-5-2-6-14-22/h1-20H. The molecule has 6 rings (SSSR count). The van der Waals surface area contributed by atoms with Crippen LogP contribution >= 0.6 is 0 Å². The number of para-hydroxylation sites is 2. The Hall–Kier alpha value is -4.50. The number of hydrogen-bond donors (Lipinski definition) is 0. The molecular weight excluding hydrogens is 404 g/mol. The molecule has 0 amide bonds. The van der Waals surface area contributed by atoms with Gasteiger partial charge in [-0.3, -0.25) is 0 Å². The van der Waals surface area contributed by atoms with Gasteiger partial charge in [-0.1, -0.05) is 97.1 Å². The highest BCUT2D eigenvalue weighted by atomic mass is 16.5. The van der Waals surface area contributed by atoms with Gasteiger partial charge in [-0.25, -0.2) is 9.97 Å². The summed E-state index contributed by atoms with van der Waals surface area (Å²) in [4.78, 5) is 9.92. The van der Waals surface area contributed by atoms with Gasteiger partial charge in [-0.2, -0.15) is 0 Å². The lowest BCUT2D eigenvalue weighted by Crippen LogP contribution is -1.96. The van der Waals surface area contributed by atoms with Gasteiger partial charge in [0.15, 0.2) is 11.5 Å². The predicted molar refractivity (Wildman–Crippen MR) is 134 cm³/mol. The van der Waals surface area contributed by atoms with Gasteiger partial charge in [0, 0.05) is 21.9 Å². The molecule has 33 heavy (non-hydrogen) atoms. The molecule has 0 aliphatic heterocycles. The molecule has 0 N–H and O–H groups in total. The van der Waals surface area contributed by atoms with E-state index in [-0.39, 0.29) is 0 Å². The normalized spacial score (nSPS) is 11.0. The third kappa shape index (κ3) is 3.70. The zero-order chi connectivity index (χ0) is 22.0. The summed E-state index contributed by atoms with van der Waals surface area (Å²) in [5.74, 6) is 1.41. The Bertz CT molecular complexity index is 1460. The molecular formula is C30H20N2O. The zero-order valence-corrected chi connectivity index (χ0v) is 17.8. The second-order valence-electron chi connectivity index (χ2n) is 7.89. The number of aromatic nitrogens is 2. The molecule has 0 saturated heterocycles. The Morgan fingerprint density at radius 1 is 0.424 bits per heavy atom. The van der Waals surface area contributed by atoms with Crippen LogP contribution in [0.5, 0.6) is 11.5 Å². The van der Waals surface area contributed by atoms with E-state index in [1.54, 1.807) is 0 Å². The fourth-order valence-corrected chi connectivity index (χ4v) is 4.07. The minimum Gasteiger partial charge on any atom is -0.453 e. The Morgan fingerprint density at radius 2 is 0.818 bits per heavy atom. The van der Waals surface area contributed by atoms with Gasteiger partial charge in [-0.15, -0.1) is 0 Å². The van der Waals surface area contributed by atoms with Crippen molar-refractivity contribution in [1.29, 1.82) is 0 Å². The number of nitrogens with zero attached hydrogens (tertiary/aromatic N) is 2. The van der Waals surface area contributed by atoms with Crippen LogP contribution in [0.3, 0.4) is 0 Å². The van der Waals surface area contributed by atoms with Crippen LogP contribution < -0.4 is 4.74 Å². The van der Waals surface area contributed by atoms with Gasteiger partial charge in [0.1, 0.15) is 11.4 Å². The molecule has 156 valence electrons. The Balaban J connectivity index is 1.57. The molecule has 0 unspecified atom stereocenters. The van der Waals surface area contributed by atoms with Crippen LogP contribution in [-0.4, -0.2) is 9.97 Å². The number of ether oxygens (including phenoxy) is 1. The van der Waals surface area contributed by atoms with Gasteiger partial charge in [0.2, 0.25) is 0 Å². The molecule has 2 aromatic heterocycles. The first-order valence-electron chi connectivity index (χ1n) is 10.9. The second-order valence-corrected chi connectivity index (χ2v) is 7.89. The fourth-order valence-electron chi connectivity index (χ4n) is 4.07. The lowest BCUT2D eigenvalue weighted by Gasteiger charge is -2.16. The van der Waals surface area contributed by atoms with Gasteiger partial charge in [-0.05, 0) is 24.3 Å². The van der Waals surface area contributed by atoms with Crippen molar-refractivity contribution in [2.75, 3.05) is 0 Å². The minimum absolute atomic E-state index is 0.703. The fraction of sp³-hybridized carbons (Fsp3) is 0. The van der Waals surface area contributed by atoms with Crippen LogP contribution in [0.25, 0.3) is 44.3 Å². The van der Waals surface area contributed by atoms with E-state index in [0.29, 0.717) is 11.5 Å². The molecule has 0 radical (unpaired) electrons. The van der Waals surface area contributed by atoms with Crippen molar-refractivity contribution in [2.24, 2.45) is 0 Å². The van der Waals surface area contributed by atoms with Crippen LogP contribution in [0, 0.1) is 0 Å². The Morgan fingerprint density at radius 3 is 1.27 bits per heavy atom. The average molecular weight is 425 g/mol. The number of rotatable bonds is 4. The molecule has 0 aliphatic carbocycles. The van der Waals surface area contributed by atoms with E-state index in [1.807, 2.05) is 72.8 Å². The molecule has 0 bridgehead atoms. The summed E-state index contributed by atoms with van der Waals surface area (Å²) >= 11 is 0. The van der Waals surface area contributed by atoms with E-state index < -0.39 is 0 Å². The van der Waals surface area contributed by atoms with Crippen LogP contribution in [-0.2, 0) is 0 Å². The SMILES string of the molecule is c1ccc(-c2nc3ccccc3cc2Oc2cc3ccccc3nc2-c2ccccc2)cc1. The molecule has 3 heteroatoms. The topological polar surface area (TPSA) is 35.0 Å². The molecule has 2 heterocycles. The van der Waals surface area contributed by atoms with Gasteiger partial charge in [0.05, 0.1) is 11.0 Å². The van der Waals surface area contributed by atoms with Crippen molar-refractivity contribution in [3.05, 3.63) is 121 Å².